The Morgan fingerprint density at radius 2 is 1.71 bits per heavy atom. The minimum Gasteiger partial charge on any atom is -0.396 e. The summed E-state index contributed by atoms with van der Waals surface area (Å²) in [5.41, 5.74) is 6.25. The van der Waals surface area contributed by atoms with Crippen molar-refractivity contribution < 1.29 is 4.79 Å². The molecule has 0 spiro atoms. The van der Waals surface area contributed by atoms with Gasteiger partial charge in [0.25, 0.3) is 0 Å². The summed E-state index contributed by atoms with van der Waals surface area (Å²) in [6.07, 6.45) is 13.5. The van der Waals surface area contributed by atoms with E-state index < -0.39 is 0 Å². The molecule has 0 aliphatic rings. The number of pyridine rings is 1. The lowest BCUT2D eigenvalue weighted by atomic mass is 10.1. The summed E-state index contributed by atoms with van der Waals surface area (Å²) in [5.74, 6) is 0.474. The quantitative estimate of drug-likeness (QED) is 0.589. The lowest BCUT2D eigenvalue weighted by molar-refractivity contribution is -0.116. The zero-order valence-corrected chi connectivity index (χ0v) is 13.2. The van der Waals surface area contributed by atoms with Gasteiger partial charge < -0.3 is 11.1 Å². The number of nitrogens with one attached hydrogen (secondary N) is 1. The summed E-state index contributed by atoms with van der Waals surface area (Å²) in [6.45, 7) is 2.24. The van der Waals surface area contributed by atoms with Crippen molar-refractivity contribution in [2.75, 3.05) is 11.1 Å². The summed E-state index contributed by atoms with van der Waals surface area (Å²) >= 11 is 0. The normalized spacial score (nSPS) is 10.5. The number of hydrogen-bond acceptors (Lipinski definition) is 3. The molecule has 0 saturated heterocycles. The van der Waals surface area contributed by atoms with Crippen LogP contribution in [0.1, 0.15) is 71.1 Å². The predicted molar refractivity (Wildman–Crippen MR) is 89.1 cm³/mol. The molecule has 4 nitrogen and oxygen atoms in total. The zero-order valence-electron chi connectivity index (χ0n) is 13.2. The van der Waals surface area contributed by atoms with Crippen LogP contribution in [0.4, 0.5) is 11.5 Å². The Kier molecular flexibility index (Phi) is 9.25. The van der Waals surface area contributed by atoms with Gasteiger partial charge in [0.1, 0.15) is 0 Å². The van der Waals surface area contributed by atoms with Crippen LogP contribution in [-0.4, -0.2) is 10.9 Å². The molecule has 0 fully saturated rings. The Labute approximate surface area is 128 Å². The van der Waals surface area contributed by atoms with E-state index in [9.17, 15) is 4.79 Å². The van der Waals surface area contributed by atoms with Gasteiger partial charge in [-0.25, -0.2) is 4.98 Å². The van der Waals surface area contributed by atoms with E-state index in [4.69, 9.17) is 5.73 Å². The second-order valence-corrected chi connectivity index (χ2v) is 5.57. The molecule has 21 heavy (non-hydrogen) atoms. The molecule has 0 aliphatic heterocycles. The predicted octanol–water partition coefficient (Wildman–Crippen LogP) is 4.52. The Balaban J connectivity index is 2.00. The molecule has 0 aliphatic carbocycles. The Hall–Kier alpha value is -1.58. The van der Waals surface area contributed by atoms with Gasteiger partial charge in [-0.15, -0.1) is 0 Å². The molecule has 1 aromatic rings. The highest BCUT2D eigenvalue weighted by Gasteiger charge is 2.05. The van der Waals surface area contributed by atoms with Crippen molar-refractivity contribution in [2.45, 2.75) is 71.1 Å². The second kappa shape index (κ2) is 11.1. The molecule has 0 atom stereocenters. The maximum absolute atomic E-state index is 11.8. The van der Waals surface area contributed by atoms with E-state index >= 15 is 0 Å². The summed E-state index contributed by atoms with van der Waals surface area (Å²) < 4.78 is 0. The Morgan fingerprint density at radius 3 is 2.33 bits per heavy atom. The maximum atomic E-state index is 11.8. The number of nitrogens with zero attached hydrogens (tertiary/aromatic N) is 1. The fourth-order valence-electron chi connectivity index (χ4n) is 2.31. The molecular weight excluding hydrogens is 262 g/mol. The van der Waals surface area contributed by atoms with Crippen LogP contribution in [0.3, 0.4) is 0 Å². The van der Waals surface area contributed by atoms with Crippen LogP contribution in [0.5, 0.6) is 0 Å². The molecule has 0 bridgehead atoms. The highest BCUT2D eigenvalue weighted by atomic mass is 16.1. The van der Waals surface area contributed by atoms with Crippen molar-refractivity contribution in [1.29, 1.82) is 0 Å². The highest BCUT2D eigenvalue weighted by Crippen LogP contribution is 2.14. The molecular formula is C17H29N3O. The van der Waals surface area contributed by atoms with Crippen molar-refractivity contribution in [3.8, 4) is 0 Å². The average Bonchev–Trinajstić information content (AvgIpc) is 2.48. The largest absolute Gasteiger partial charge is 0.396 e. The van der Waals surface area contributed by atoms with E-state index in [0.29, 0.717) is 17.9 Å². The monoisotopic (exact) mass is 291 g/mol. The van der Waals surface area contributed by atoms with Crippen LogP contribution in [0, 0.1) is 0 Å². The first-order valence-electron chi connectivity index (χ1n) is 8.24. The fraction of sp³-hybridized carbons (Fsp3) is 0.647. The number of carbonyl (C=O) groups is 1. The number of hydrogen-bond donors (Lipinski definition) is 2. The van der Waals surface area contributed by atoms with Gasteiger partial charge in [0.15, 0.2) is 5.82 Å². The summed E-state index contributed by atoms with van der Waals surface area (Å²) in [5, 5.41) is 2.76. The summed E-state index contributed by atoms with van der Waals surface area (Å²) in [4.78, 5) is 15.8. The smallest absolute Gasteiger partial charge is 0.225 e. The Morgan fingerprint density at radius 1 is 1.10 bits per heavy atom. The van der Waals surface area contributed by atoms with Crippen LogP contribution in [0.15, 0.2) is 18.3 Å². The maximum Gasteiger partial charge on any atom is 0.225 e. The number of nitrogen functional groups attached to an aromatic ring is 1. The van der Waals surface area contributed by atoms with Crippen LogP contribution in [-0.2, 0) is 4.79 Å². The summed E-state index contributed by atoms with van der Waals surface area (Å²) in [7, 11) is 0. The standard InChI is InChI=1S/C17H29N3O/c1-2-3-4-5-6-7-8-9-10-13-16(21)20-17-15(18)12-11-14-19-17/h11-12,14H,2-10,13,18H2,1H3,(H,19,20,21). The molecule has 0 saturated carbocycles. The molecule has 4 heteroatoms. The third-order valence-corrected chi connectivity index (χ3v) is 3.60. The van der Waals surface area contributed by atoms with E-state index in [1.54, 1.807) is 18.3 Å². The third kappa shape index (κ3) is 8.33. The van der Waals surface area contributed by atoms with Crippen molar-refractivity contribution in [2.24, 2.45) is 0 Å². The first-order valence-corrected chi connectivity index (χ1v) is 8.24. The second-order valence-electron chi connectivity index (χ2n) is 5.57. The van der Waals surface area contributed by atoms with E-state index in [0.717, 1.165) is 12.8 Å². The molecule has 118 valence electrons. The van der Waals surface area contributed by atoms with Crippen molar-refractivity contribution in [3.05, 3.63) is 18.3 Å². The van der Waals surface area contributed by atoms with Crippen molar-refractivity contribution in [3.63, 3.8) is 0 Å². The topological polar surface area (TPSA) is 68.0 Å². The van der Waals surface area contributed by atoms with Crippen molar-refractivity contribution in [1.82, 2.24) is 4.98 Å². The van der Waals surface area contributed by atoms with Crippen LogP contribution < -0.4 is 11.1 Å². The number of aromatic nitrogens is 1. The first-order chi connectivity index (χ1) is 10.2. The highest BCUT2D eigenvalue weighted by molar-refractivity contribution is 5.92. The fourth-order valence-corrected chi connectivity index (χ4v) is 2.31. The van der Waals surface area contributed by atoms with Gasteiger partial charge in [-0.2, -0.15) is 0 Å². The van der Waals surface area contributed by atoms with Gasteiger partial charge in [-0.3, -0.25) is 4.79 Å². The first kappa shape index (κ1) is 17.5. The average molecular weight is 291 g/mol. The van der Waals surface area contributed by atoms with Crippen LogP contribution >= 0.6 is 0 Å². The number of unbranched alkanes of at least 4 members (excludes halogenated alkanes) is 8. The van der Waals surface area contributed by atoms with Gasteiger partial charge in [0.2, 0.25) is 5.91 Å². The molecule has 0 unspecified atom stereocenters. The van der Waals surface area contributed by atoms with E-state index in [-0.39, 0.29) is 5.91 Å². The molecule has 3 N–H and O–H groups in total. The third-order valence-electron chi connectivity index (χ3n) is 3.60. The number of rotatable bonds is 11. The van der Waals surface area contributed by atoms with Crippen LogP contribution in [0.25, 0.3) is 0 Å². The number of amides is 1. The zero-order chi connectivity index (χ0) is 15.3. The van der Waals surface area contributed by atoms with E-state index in [1.165, 1.54) is 44.9 Å². The minimum atomic E-state index is 0.00310. The lowest BCUT2D eigenvalue weighted by Gasteiger charge is -2.06. The number of anilines is 2. The van der Waals surface area contributed by atoms with Crippen LogP contribution in [0.2, 0.25) is 0 Å². The van der Waals surface area contributed by atoms with Gasteiger partial charge >= 0.3 is 0 Å². The number of carbonyl (C=O) groups excluding carboxylic acids is 1. The van der Waals surface area contributed by atoms with Gasteiger partial charge in [0, 0.05) is 12.6 Å². The lowest BCUT2D eigenvalue weighted by Crippen LogP contribution is -2.13. The van der Waals surface area contributed by atoms with Gasteiger partial charge in [0.05, 0.1) is 5.69 Å². The number of nitrogens with two attached hydrogens (primary N) is 1. The van der Waals surface area contributed by atoms with Crippen molar-refractivity contribution >= 4 is 17.4 Å². The van der Waals surface area contributed by atoms with Gasteiger partial charge in [-0.1, -0.05) is 58.3 Å². The molecule has 1 amide bonds. The Bertz CT molecular complexity index is 407. The molecule has 1 rings (SSSR count). The summed E-state index contributed by atoms with van der Waals surface area (Å²) in [6, 6.07) is 3.49. The molecule has 0 aromatic carbocycles. The molecule has 0 radical (unpaired) electrons. The SMILES string of the molecule is CCCCCCCCCCCC(=O)Nc1ncccc1N. The van der Waals surface area contributed by atoms with E-state index in [1.807, 2.05) is 0 Å². The molecule has 1 heterocycles. The van der Waals surface area contributed by atoms with E-state index in [2.05, 4.69) is 17.2 Å². The minimum absolute atomic E-state index is 0.00310. The molecule has 1 aromatic heterocycles. The van der Waals surface area contributed by atoms with Gasteiger partial charge in [-0.05, 0) is 18.6 Å².